The molecule has 1 aliphatic carbocycles. The minimum absolute atomic E-state index is 0.0123. The van der Waals surface area contributed by atoms with Crippen molar-refractivity contribution in [1.82, 2.24) is 19.8 Å². The maximum atomic E-state index is 12.6. The van der Waals surface area contributed by atoms with Gasteiger partial charge in [-0.2, -0.15) is 9.40 Å². The van der Waals surface area contributed by atoms with Crippen LogP contribution in [0, 0.1) is 5.92 Å². The van der Waals surface area contributed by atoms with Gasteiger partial charge in [0.05, 0.1) is 24.2 Å². The lowest BCUT2D eigenvalue weighted by Crippen LogP contribution is -2.61. The predicted octanol–water partition coefficient (Wildman–Crippen LogP) is 0.712. The second-order valence-corrected chi connectivity index (χ2v) is 8.95. The number of fused-ring (bicyclic) bond motifs is 1. The van der Waals surface area contributed by atoms with Crippen molar-refractivity contribution in [3.05, 3.63) is 41.7 Å². The van der Waals surface area contributed by atoms with E-state index in [1.807, 2.05) is 6.20 Å². The summed E-state index contributed by atoms with van der Waals surface area (Å²) < 4.78 is 31.7. The third-order valence-corrected chi connectivity index (χ3v) is 7.13. The van der Waals surface area contributed by atoms with E-state index < -0.39 is 10.0 Å². The molecule has 2 heterocycles. The summed E-state index contributed by atoms with van der Waals surface area (Å²) in [5, 5.41) is 9.96. The zero-order valence-electron chi connectivity index (χ0n) is 15.0. The zero-order chi connectivity index (χ0) is 19.0. The third-order valence-electron chi connectivity index (χ3n) is 5.28. The molecule has 144 valence electrons. The Labute approximate surface area is 158 Å². The Balaban J connectivity index is 1.32. The number of hydrogen-bond acceptors (Lipinski definition) is 5. The smallest absolute Gasteiger partial charge is 0.243 e. The van der Waals surface area contributed by atoms with Crippen LogP contribution in [0.15, 0.2) is 35.4 Å². The summed E-state index contributed by atoms with van der Waals surface area (Å²) in [5.74, 6) is 0.502. The summed E-state index contributed by atoms with van der Waals surface area (Å²) in [7, 11) is -2.01. The largest absolute Gasteiger partial charge is 0.497 e. The fourth-order valence-electron chi connectivity index (χ4n) is 3.57. The number of amides is 1. The number of nitrogens with one attached hydrogen (secondary N) is 2. The van der Waals surface area contributed by atoms with Gasteiger partial charge in [-0.05, 0) is 42.7 Å². The summed E-state index contributed by atoms with van der Waals surface area (Å²) >= 11 is 0. The van der Waals surface area contributed by atoms with Crippen molar-refractivity contribution in [2.75, 3.05) is 20.2 Å². The maximum Gasteiger partial charge on any atom is 0.243 e. The Bertz CT molecular complexity index is 933. The molecule has 9 heteroatoms. The SMILES string of the molecule is COc1ccc(S(=O)(=O)N2CC(NC(=O)[C@@H]3CCc4cn[nH]c4C3)C2)cc1. The molecule has 8 nitrogen and oxygen atoms in total. The van der Waals surface area contributed by atoms with E-state index in [-0.39, 0.29) is 22.8 Å². The summed E-state index contributed by atoms with van der Waals surface area (Å²) in [4.78, 5) is 12.7. The highest BCUT2D eigenvalue weighted by Crippen LogP contribution is 2.26. The third kappa shape index (κ3) is 3.44. The lowest BCUT2D eigenvalue weighted by atomic mass is 9.87. The first-order valence-electron chi connectivity index (χ1n) is 8.93. The Kier molecular flexibility index (Phi) is 4.65. The second kappa shape index (κ2) is 6.97. The lowest BCUT2D eigenvalue weighted by molar-refractivity contribution is -0.126. The molecule has 0 radical (unpaired) electrons. The van der Waals surface area contributed by atoms with E-state index in [4.69, 9.17) is 4.74 Å². The monoisotopic (exact) mass is 390 g/mol. The summed E-state index contributed by atoms with van der Waals surface area (Å²) in [6, 6.07) is 6.17. The van der Waals surface area contributed by atoms with Gasteiger partial charge in [0.25, 0.3) is 0 Å². The average molecular weight is 390 g/mol. The normalized spacial score (nSPS) is 20.6. The molecule has 1 fully saturated rings. The quantitative estimate of drug-likeness (QED) is 0.783. The van der Waals surface area contributed by atoms with Crippen molar-refractivity contribution < 1.29 is 17.9 Å². The number of hydrogen-bond donors (Lipinski definition) is 2. The molecule has 4 rings (SSSR count). The number of aryl methyl sites for hydroxylation is 1. The van der Waals surface area contributed by atoms with Crippen LogP contribution in [0.25, 0.3) is 0 Å². The molecule has 2 aromatic rings. The van der Waals surface area contributed by atoms with Crippen LogP contribution in [-0.4, -0.2) is 55.1 Å². The van der Waals surface area contributed by atoms with Crippen LogP contribution in [0.1, 0.15) is 17.7 Å². The van der Waals surface area contributed by atoms with Crippen LogP contribution in [0.4, 0.5) is 0 Å². The van der Waals surface area contributed by atoms with Crippen LogP contribution in [-0.2, 0) is 27.7 Å². The fourth-order valence-corrected chi connectivity index (χ4v) is 5.10. The first kappa shape index (κ1) is 18.0. The molecule has 1 aliphatic heterocycles. The van der Waals surface area contributed by atoms with Gasteiger partial charge in [-0.1, -0.05) is 0 Å². The Hall–Kier alpha value is -2.39. The molecule has 0 bridgehead atoms. The number of benzene rings is 1. The number of ether oxygens (including phenoxy) is 1. The topological polar surface area (TPSA) is 104 Å². The van der Waals surface area contributed by atoms with Crippen molar-refractivity contribution >= 4 is 15.9 Å². The van der Waals surface area contributed by atoms with Crippen LogP contribution in [0.3, 0.4) is 0 Å². The van der Waals surface area contributed by atoms with Crippen LogP contribution in [0.2, 0.25) is 0 Å². The number of carbonyl (C=O) groups is 1. The molecule has 1 saturated heterocycles. The molecule has 0 saturated carbocycles. The Morgan fingerprint density at radius 3 is 2.74 bits per heavy atom. The van der Waals surface area contributed by atoms with Gasteiger partial charge in [0.1, 0.15) is 5.75 Å². The highest BCUT2D eigenvalue weighted by molar-refractivity contribution is 7.89. The summed E-state index contributed by atoms with van der Waals surface area (Å²) in [5.41, 5.74) is 2.21. The van der Waals surface area contributed by atoms with E-state index in [1.165, 1.54) is 29.1 Å². The molecule has 2 N–H and O–H groups in total. The molecule has 2 aliphatic rings. The highest BCUT2D eigenvalue weighted by atomic mass is 32.2. The lowest BCUT2D eigenvalue weighted by Gasteiger charge is -2.39. The Morgan fingerprint density at radius 1 is 1.30 bits per heavy atom. The number of H-pyrrole nitrogens is 1. The van der Waals surface area contributed by atoms with Crippen molar-refractivity contribution in [3.63, 3.8) is 0 Å². The van der Waals surface area contributed by atoms with Crippen molar-refractivity contribution in [3.8, 4) is 5.75 Å². The van der Waals surface area contributed by atoms with Crippen molar-refractivity contribution in [1.29, 1.82) is 0 Å². The zero-order valence-corrected chi connectivity index (χ0v) is 15.8. The standard InChI is InChI=1S/C18H22N4O4S/c1-26-15-4-6-16(7-5-15)27(24,25)22-10-14(11-22)20-18(23)12-2-3-13-9-19-21-17(13)8-12/h4-7,9,12,14H,2-3,8,10-11H2,1H3,(H,19,21)(H,20,23)/t12-/m1/s1. The first-order chi connectivity index (χ1) is 13.0. The molecule has 0 spiro atoms. The number of aromatic nitrogens is 2. The summed E-state index contributed by atoms with van der Waals surface area (Å²) in [6.45, 7) is 0.588. The molecule has 1 atom stereocenters. The number of sulfonamides is 1. The molecule has 27 heavy (non-hydrogen) atoms. The van der Waals surface area contributed by atoms with Gasteiger partial charge >= 0.3 is 0 Å². The van der Waals surface area contributed by atoms with Gasteiger partial charge in [0.2, 0.25) is 15.9 Å². The van der Waals surface area contributed by atoms with E-state index in [9.17, 15) is 13.2 Å². The van der Waals surface area contributed by atoms with Crippen LogP contribution < -0.4 is 10.1 Å². The number of carbonyl (C=O) groups excluding carboxylic acids is 1. The predicted molar refractivity (Wildman–Crippen MR) is 97.8 cm³/mol. The minimum Gasteiger partial charge on any atom is -0.497 e. The van der Waals surface area contributed by atoms with Crippen molar-refractivity contribution in [2.24, 2.45) is 5.92 Å². The molecule has 1 aromatic carbocycles. The number of methoxy groups -OCH3 is 1. The fraction of sp³-hybridized carbons (Fsp3) is 0.444. The van der Waals surface area contributed by atoms with Crippen molar-refractivity contribution in [2.45, 2.75) is 30.2 Å². The van der Waals surface area contributed by atoms with E-state index >= 15 is 0 Å². The Morgan fingerprint density at radius 2 is 2.04 bits per heavy atom. The van der Waals surface area contributed by atoms with Gasteiger partial charge in [0, 0.05) is 31.1 Å². The van der Waals surface area contributed by atoms with Gasteiger partial charge in [-0.15, -0.1) is 0 Å². The van der Waals surface area contributed by atoms with Crippen LogP contribution >= 0.6 is 0 Å². The summed E-state index contributed by atoms with van der Waals surface area (Å²) in [6.07, 6.45) is 4.10. The van der Waals surface area contributed by atoms with Gasteiger partial charge in [-0.25, -0.2) is 8.42 Å². The molecular weight excluding hydrogens is 368 g/mol. The number of nitrogens with zero attached hydrogens (tertiary/aromatic N) is 2. The highest BCUT2D eigenvalue weighted by Gasteiger charge is 2.38. The van der Waals surface area contributed by atoms with Gasteiger partial charge in [-0.3, -0.25) is 9.89 Å². The number of rotatable bonds is 5. The molecule has 1 amide bonds. The van der Waals surface area contributed by atoms with E-state index in [2.05, 4.69) is 15.5 Å². The maximum absolute atomic E-state index is 12.6. The number of aromatic amines is 1. The second-order valence-electron chi connectivity index (χ2n) is 7.02. The average Bonchev–Trinajstić information content (AvgIpc) is 3.11. The molecule has 1 aromatic heterocycles. The van der Waals surface area contributed by atoms with Gasteiger partial charge in [0.15, 0.2) is 0 Å². The first-order valence-corrected chi connectivity index (χ1v) is 10.4. The molecular formula is C18H22N4O4S. The van der Waals surface area contributed by atoms with Crippen LogP contribution in [0.5, 0.6) is 5.75 Å². The van der Waals surface area contributed by atoms with E-state index in [1.54, 1.807) is 12.1 Å². The van der Waals surface area contributed by atoms with Gasteiger partial charge < -0.3 is 10.1 Å². The minimum atomic E-state index is -3.54. The molecule has 0 unspecified atom stereocenters. The van der Waals surface area contributed by atoms with E-state index in [0.717, 1.165) is 18.5 Å². The van der Waals surface area contributed by atoms with E-state index in [0.29, 0.717) is 25.3 Å².